The highest BCUT2D eigenvalue weighted by atomic mass is 16.5. The third kappa shape index (κ3) is 6.21. The van der Waals surface area contributed by atoms with Crippen LogP contribution in [0.5, 0.6) is 0 Å². The van der Waals surface area contributed by atoms with Gasteiger partial charge in [0.1, 0.15) is 0 Å². The van der Waals surface area contributed by atoms with E-state index in [9.17, 15) is 5.11 Å². The summed E-state index contributed by atoms with van der Waals surface area (Å²) in [4.78, 5) is 2.46. The van der Waals surface area contributed by atoms with Crippen molar-refractivity contribution in [2.45, 2.75) is 44.6 Å². The summed E-state index contributed by atoms with van der Waals surface area (Å²) in [6.45, 7) is 6.84. The third-order valence-corrected chi connectivity index (χ3v) is 4.39. The zero-order valence-electron chi connectivity index (χ0n) is 12.1. The average molecular weight is 270 g/mol. The second-order valence-corrected chi connectivity index (χ2v) is 6.05. The molecule has 0 aromatic heterocycles. The van der Waals surface area contributed by atoms with Crippen LogP contribution in [0.25, 0.3) is 0 Å². The second-order valence-electron chi connectivity index (χ2n) is 6.05. The molecule has 4 nitrogen and oxygen atoms in total. The van der Waals surface area contributed by atoms with Gasteiger partial charge in [-0.3, -0.25) is 4.90 Å². The predicted molar refractivity (Wildman–Crippen MR) is 77.3 cm³/mol. The minimum Gasteiger partial charge on any atom is -0.392 e. The summed E-state index contributed by atoms with van der Waals surface area (Å²) >= 11 is 0. The van der Waals surface area contributed by atoms with Crippen molar-refractivity contribution < 1.29 is 9.84 Å². The van der Waals surface area contributed by atoms with Crippen molar-refractivity contribution >= 4 is 0 Å². The van der Waals surface area contributed by atoms with Crippen molar-refractivity contribution in [1.82, 2.24) is 10.2 Å². The third-order valence-electron chi connectivity index (χ3n) is 4.39. The first kappa shape index (κ1) is 15.2. The number of aliphatic hydroxyl groups excluding tert-OH is 1. The molecule has 2 aliphatic rings. The van der Waals surface area contributed by atoms with Crippen LogP contribution in [0.2, 0.25) is 0 Å². The topological polar surface area (TPSA) is 44.7 Å². The van der Waals surface area contributed by atoms with Gasteiger partial charge in [-0.2, -0.15) is 0 Å². The van der Waals surface area contributed by atoms with Crippen LogP contribution in [-0.4, -0.2) is 62.0 Å². The first-order valence-corrected chi connectivity index (χ1v) is 8.03. The molecule has 1 aliphatic carbocycles. The maximum Gasteiger partial charge on any atom is 0.0667 e. The summed E-state index contributed by atoms with van der Waals surface area (Å²) < 4.78 is 5.33. The number of nitrogens with one attached hydrogen (secondary N) is 1. The Bertz CT molecular complexity index is 226. The molecule has 0 amide bonds. The van der Waals surface area contributed by atoms with E-state index in [0.29, 0.717) is 0 Å². The summed E-state index contributed by atoms with van der Waals surface area (Å²) in [6.07, 6.45) is 7.40. The van der Waals surface area contributed by atoms with Crippen LogP contribution in [0.3, 0.4) is 0 Å². The van der Waals surface area contributed by atoms with Crippen molar-refractivity contribution in [2.24, 2.45) is 5.92 Å². The van der Waals surface area contributed by atoms with Crippen LogP contribution in [0.1, 0.15) is 38.5 Å². The molecule has 112 valence electrons. The van der Waals surface area contributed by atoms with Crippen molar-refractivity contribution in [3.63, 3.8) is 0 Å². The van der Waals surface area contributed by atoms with Crippen molar-refractivity contribution in [2.75, 3.05) is 45.9 Å². The van der Waals surface area contributed by atoms with E-state index in [0.717, 1.165) is 64.7 Å². The smallest absolute Gasteiger partial charge is 0.0667 e. The highest BCUT2D eigenvalue weighted by Crippen LogP contribution is 2.28. The van der Waals surface area contributed by atoms with Crippen LogP contribution < -0.4 is 5.32 Å². The van der Waals surface area contributed by atoms with Crippen molar-refractivity contribution in [3.05, 3.63) is 0 Å². The molecule has 2 rings (SSSR count). The Kier molecular flexibility index (Phi) is 7.14. The van der Waals surface area contributed by atoms with E-state index in [2.05, 4.69) is 10.2 Å². The Morgan fingerprint density at radius 3 is 2.68 bits per heavy atom. The van der Waals surface area contributed by atoms with Crippen LogP contribution >= 0.6 is 0 Å². The lowest BCUT2D eigenvalue weighted by molar-refractivity contribution is 0.0373. The molecule has 1 aliphatic heterocycles. The molecule has 0 aromatic carbocycles. The number of hydrogen-bond donors (Lipinski definition) is 2. The zero-order valence-corrected chi connectivity index (χ0v) is 12.1. The quantitative estimate of drug-likeness (QED) is 0.651. The van der Waals surface area contributed by atoms with Gasteiger partial charge in [-0.05, 0) is 31.8 Å². The summed E-state index contributed by atoms with van der Waals surface area (Å²) in [7, 11) is 0. The molecule has 0 aromatic rings. The summed E-state index contributed by atoms with van der Waals surface area (Å²) in [6, 6.07) is 0. The van der Waals surface area contributed by atoms with Gasteiger partial charge < -0.3 is 15.2 Å². The second kappa shape index (κ2) is 8.90. The highest BCUT2D eigenvalue weighted by Gasteiger charge is 2.18. The summed E-state index contributed by atoms with van der Waals surface area (Å²) in [5.41, 5.74) is 0. The van der Waals surface area contributed by atoms with E-state index < -0.39 is 0 Å². The number of hydrogen-bond acceptors (Lipinski definition) is 4. The normalized spacial score (nSPS) is 23.8. The van der Waals surface area contributed by atoms with Crippen LogP contribution in [-0.2, 0) is 4.74 Å². The molecule has 0 radical (unpaired) electrons. The van der Waals surface area contributed by atoms with Crippen LogP contribution in [0.15, 0.2) is 0 Å². The van der Waals surface area contributed by atoms with Gasteiger partial charge in [-0.15, -0.1) is 0 Å². The summed E-state index contributed by atoms with van der Waals surface area (Å²) in [5, 5.41) is 13.4. The van der Waals surface area contributed by atoms with Gasteiger partial charge in [0, 0.05) is 19.6 Å². The van der Waals surface area contributed by atoms with Crippen molar-refractivity contribution in [3.8, 4) is 0 Å². The number of nitrogens with zero attached hydrogens (tertiary/aromatic N) is 1. The molecule has 0 bridgehead atoms. The van der Waals surface area contributed by atoms with E-state index in [-0.39, 0.29) is 6.10 Å². The first-order valence-electron chi connectivity index (χ1n) is 8.03. The van der Waals surface area contributed by atoms with Gasteiger partial charge >= 0.3 is 0 Å². The monoisotopic (exact) mass is 270 g/mol. The maximum absolute atomic E-state index is 9.97. The number of rotatable bonds is 8. The molecule has 1 heterocycles. The fourth-order valence-electron chi connectivity index (χ4n) is 3.24. The van der Waals surface area contributed by atoms with E-state index >= 15 is 0 Å². The number of ether oxygens (including phenoxy) is 1. The van der Waals surface area contributed by atoms with E-state index in [1.807, 2.05) is 0 Å². The largest absolute Gasteiger partial charge is 0.392 e. The van der Waals surface area contributed by atoms with Crippen LogP contribution in [0.4, 0.5) is 0 Å². The van der Waals surface area contributed by atoms with E-state index in [1.165, 1.54) is 25.7 Å². The molecule has 2 fully saturated rings. The molecule has 2 N–H and O–H groups in total. The Labute approximate surface area is 117 Å². The SMILES string of the molecule is OC(CNCCCN1CCOCC1)CC1CCCC1. The first-order chi connectivity index (χ1) is 9.34. The molecule has 4 heteroatoms. The molecule has 1 unspecified atom stereocenters. The Morgan fingerprint density at radius 1 is 1.21 bits per heavy atom. The number of morpholine rings is 1. The van der Waals surface area contributed by atoms with Gasteiger partial charge in [0.05, 0.1) is 19.3 Å². The lowest BCUT2D eigenvalue weighted by Gasteiger charge is -2.26. The predicted octanol–water partition coefficient (Wildman–Crippen LogP) is 1.24. The lowest BCUT2D eigenvalue weighted by atomic mass is 10.0. The standard InChI is InChI=1S/C15H30N2O2/c18-15(12-14-4-1-2-5-14)13-16-6-3-7-17-8-10-19-11-9-17/h14-16,18H,1-13H2. The Morgan fingerprint density at radius 2 is 1.95 bits per heavy atom. The van der Waals surface area contributed by atoms with Gasteiger partial charge in [-0.1, -0.05) is 25.7 Å². The van der Waals surface area contributed by atoms with Crippen molar-refractivity contribution in [1.29, 1.82) is 0 Å². The zero-order chi connectivity index (χ0) is 13.3. The Balaban J connectivity index is 1.42. The minimum absolute atomic E-state index is 0.147. The van der Waals surface area contributed by atoms with E-state index in [1.54, 1.807) is 0 Å². The van der Waals surface area contributed by atoms with Gasteiger partial charge in [0.15, 0.2) is 0 Å². The molecule has 1 saturated carbocycles. The summed E-state index contributed by atoms with van der Waals surface area (Å²) in [5.74, 6) is 0.783. The molecule has 19 heavy (non-hydrogen) atoms. The maximum atomic E-state index is 9.97. The molecular formula is C15H30N2O2. The fourth-order valence-corrected chi connectivity index (χ4v) is 3.24. The molecular weight excluding hydrogens is 240 g/mol. The Hall–Kier alpha value is -0.160. The van der Waals surface area contributed by atoms with E-state index in [4.69, 9.17) is 4.74 Å². The molecule has 1 atom stereocenters. The van der Waals surface area contributed by atoms with Gasteiger partial charge in [0.25, 0.3) is 0 Å². The van der Waals surface area contributed by atoms with Crippen LogP contribution in [0, 0.1) is 5.92 Å². The minimum atomic E-state index is -0.147. The molecule has 1 saturated heterocycles. The number of aliphatic hydroxyl groups is 1. The van der Waals surface area contributed by atoms with Gasteiger partial charge in [-0.25, -0.2) is 0 Å². The lowest BCUT2D eigenvalue weighted by Crippen LogP contribution is -2.38. The van der Waals surface area contributed by atoms with Gasteiger partial charge in [0.2, 0.25) is 0 Å². The fraction of sp³-hybridized carbons (Fsp3) is 1.00. The average Bonchev–Trinajstić information content (AvgIpc) is 2.92. The highest BCUT2D eigenvalue weighted by molar-refractivity contribution is 4.72. The molecule has 0 spiro atoms.